The van der Waals surface area contributed by atoms with E-state index in [1.165, 1.54) is 0 Å². The smallest absolute Gasteiger partial charge is 0.323 e. The van der Waals surface area contributed by atoms with Crippen LogP contribution in [0.3, 0.4) is 0 Å². The van der Waals surface area contributed by atoms with E-state index in [-0.39, 0.29) is 13.0 Å². The molecule has 23 heavy (non-hydrogen) atoms. The number of halogens is 3. The molecule has 2 aromatic rings. The van der Waals surface area contributed by atoms with Gasteiger partial charge in [0, 0.05) is 18.1 Å². The van der Waals surface area contributed by atoms with Crippen LogP contribution in [-0.2, 0) is 9.59 Å². The van der Waals surface area contributed by atoms with Gasteiger partial charge in [-0.2, -0.15) is 13.2 Å². The normalized spacial score (nSPS) is 17.7. The fourth-order valence-corrected chi connectivity index (χ4v) is 2.49. The molecule has 1 atom stereocenters. The number of nitrogens with zero attached hydrogens (tertiary/aromatic N) is 2. The predicted molar refractivity (Wildman–Crippen MR) is 76.5 cm³/mol. The van der Waals surface area contributed by atoms with Gasteiger partial charge in [-0.3, -0.25) is 14.6 Å². The number of fused-ring (bicyclic) bond motifs is 1. The van der Waals surface area contributed by atoms with Crippen LogP contribution in [-0.4, -0.2) is 40.5 Å². The zero-order chi connectivity index (χ0) is 16.6. The fraction of sp³-hybridized carbons (Fsp3) is 0.267. The summed E-state index contributed by atoms with van der Waals surface area (Å²) in [4.78, 5) is 28.1. The molecule has 2 amide bonds. The molecule has 1 aromatic heterocycles. The van der Waals surface area contributed by atoms with Crippen LogP contribution in [0.25, 0.3) is 10.9 Å². The van der Waals surface area contributed by atoms with E-state index in [4.69, 9.17) is 0 Å². The van der Waals surface area contributed by atoms with E-state index in [0.29, 0.717) is 16.1 Å². The standard InChI is InChI=1S/C15H12F3N3O2/c16-15(17,18)14(23)21-8-6-11(21)13(22)20-10-5-1-3-9-4-2-7-19-12(9)10/h1-5,7,11H,6,8H2,(H,20,22)/t11-/m1/s1. The molecule has 0 bridgehead atoms. The molecular weight excluding hydrogens is 311 g/mol. The van der Waals surface area contributed by atoms with E-state index >= 15 is 0 Å². The first kappa shape index (κ1) is 15.3. The van der Waals surface area contributed by atoms with Gasteiger partial charge in [-0.25, -0.2) is 0 Å². The lowest BCUT2D eigenvalue weighted by molar-refractivity contribution is -0.193. The molecule has 1 aromatic carbocycles. The van der Waals surface area contributed by atoms with E-state index in [9.17, 15) is 22.8 Å². The Labute approximate surface area is 129 Å². The maximum atomic E-state index is 12.5. The molecule has 8 heteroatoms. The molecule has 0 radical (unpaired) electrons. The SMILES string of the molecule is O=C(Nc1cccc2cccnc12)[C@H]1CCN1C(=O)C(F)(F)F. The highest BCUT2D eigenvalue weighted by Gasteiger charge is 2.49. The van der Waals surface area contributed by atoms with Crippen molar-refractivity contribution in [1.29, 1.82) is 0 Å². The second-order valence-corrected chi connectivity index (χ2v) is 5.17. The number of carbonyl (C=O) groups excluding carboxylic acids is 2. The molecule has 0 saturated carbocycles. The number of para-hydroxylation sites is 1. The molecule has 1 aliphatic heterocycles. The minimum Gasteiger partial charge on any atom is -0.323 e. The van der Waals surface area contributed by atoms with Crippen LogP contribution in [0.2, 0.25) is 0 Å². The predicted octanol–water partition coefficient (Wildman–Crippen LogP) is 2.34. The number of amides is 2. The van der Waals surface area contributed by atoms with E-state index in [1.807, 2.05) is 0 Å². The summed E-state index contributed by atoms with van der Waals surface area (Å²) >= 11 is 0. The largest absolute Gasteiger partial charge is 0.471 e. The van der Waals surface area contributed by atoms with Gasteiger partial charge in [-0.05, 0) is 18.6 Å². The van der Waals surface area contributed by atoms with Crippen LogP contribution in [0.15, 0.2) is 36.5 Å². The molecule has 5 nitrogen and oxygen atoms in total. The molecule has 3 rings (SSSR count). The van der Waals surface area contributed by atoms with Crippen LogP contribution in [0.1, 0.15) is 6.42 Å². The van der Waals surface area contributed by atoms with Crippen molar-refractivity contribution in [1.82, 2.24) is 9.88 Å². The van der Waals surface area contributed by atoms with Crippen molar-refractivity contribution < 1.29 is 22.8 Å². The summed E-state index contributed by atoms with van der Waals surface area (Å²) in [5, 5.41) is 3.35. The third-order valence-electron chi connectivity index (χ3n) is 3.72. The number of pyridine rings is 1. The summed E-state index contributed by atoms with van der Waals surface area (Å²) in [6.07, 6.45) is -3.22. The van der Waals surface area contributed by atoms with Crippen LogP contribution in [0, 0.1) is 0 Å². The van der Waals surface area contributed by atoms with Gasteiger partial charge in [0.1, 0.15) is 6.04 Å². The fourth-order valence-electron chi connectivity index (χ4n) is 2.49. The van der Waals surface area contributed by atoms with Gasteiger partial charge >= 0.3 is 12.1 Å². The zero-order valence-electron chi connectivity index (χ0n) is 11.8. The average Bonchev–Trinajstić information content (AvgIpc) is 2.45. The number of anilines is 1. The Balaban J connectivity index is 1.78. The summed E-state index contributed by atoms with van der Waals surface area (Å²) in [6.45, 7) is -0.0791. The number of aromatic nitrogens is 1. The topological polar surface area (TPSA) is 62.3 Å². The zero-order valence-corrected chi connectivity index (χ0v) is 11.8. The Morgan fingerprint density at radius 1 is 1.22 bits per heavy atom. The van der Waals surface area contributed by atoms with Crippen molar-refractivity contribution in [3.8, 4) is 0 Å². The Morgan fingerprint density at radius 2 is 1.96 bits per heavy atom. The van der Waals surface area contributed by atoms with Gasteiger partial charge in [0.25, 0.3) is 0 Å². The van der Waals surface area contributed by atoms with Crippen LogP contribution >= 0.6 is 0 Å². The lowest BCUT2D eigenvalue weighted by Gasteiger charge is -2.39. The number of alkyl halides is 3. The van der Waals surface area contributed by atoms with Crippen molar-refractivity contribution in [2.45, 2.75) is 18.6 Å². The van der Waals surface area contributed by atoms with Crippen molar-refractivity contribution in [3.05, 3.63) is 36.5 Å². The molecule has 120 valence electrons. The highest BCUT2D eigenvalue weighted by molar-refractivity contribution is 6.04. The first-order valence-electron chi connectivity index (χ1n) is 6.90. The van der Waals surface area contributed by atoms with Crippen molar-refractivity contribution in [2.24, 2.45) is 0 Å². The molecule has 0 spiro atoms. The number of hydrogen-bond donors (Lipinski definition) is 1. The lowest BCUT2D eigenvalue weighted by Crippen LogP contribution is -2.60. The van der Waals surface area contributed by atoms with Crippen LogP contribution in [0.4, 0.5) is 18.9 Å². The minimum atomic E-state index is -4.97. The van der Waals surface area contributed by atoms with Gasteiger partial charge in [0.2, 0.25) is 5.91 Å². The monoisotopic (exact) mass is 323 g/mol. The summed E-state index contributed by atoms with van der Waals surface area (Å²) < 4.78 is 37.4. The number of hydrogen-bond acceptors (Lipinski definition) is 3. The number of carbonyl (C=O) groups is 2. The maximum Gasteiger partial charge on any atom is 0.471 e. The lowest BCUT2D eigenvalue weighted by atomic mass is 10.0. The second kappa shape index (κ2) is 5.53. The summed E-state index contributed by atoms with van der Waals surface area (Å²) in [5.74, 6) is -2.63. The molecule has 1 N–H and O–H groups in total. The quantitative estimate of drug-likeness (QED) is 0.923. The number of rotatable bonds is 2. The molecule has 2 heterocycles. The van der Waals surface area contributed by atoms with E-state index in [1.54, 1.807) is 36.5 Å². The van der Waals surface area contributed by atoms with E-state index < -0.39 is 24.0 Å². The Bertz CT molecular complexity index is 771. The first-order chi connectivity index (χ1) is 10.9. The highest BCUT2D eigenvalue weighted by atomic mass is 19.4. The number of nitrogens with one attached hydrogen (secondary N) is 1. The molecular formula is C15H12F3N3O2. The van der Waals surface area contributed by atoms with Crippen molar-refractivity contribution in [2.75, 3.05) is 11.9 Å². The van der Waals surface area contributed by atoms with Gasteiger partial charge in [-0.1, -0.05) is 18.2 Å². The Kier molecular flexibility index (Phi) is 3.67. The minimum absolute atomic E-state index is 0.0791. The van der Waals surface area contributed by atoms with Gasteiger partial charge in [0.05, 0.1) is 11.2 Å². The number of likely N-dealkylation sites (tertiary alicyclic amines) is 1. The van der Waals surface area contributed by atoms with Gasteiger partial charge in [0.15, 0.2) is 0 Å². The summed E-state index contributed by atoms with van der Waals surface area (Å²) in [6, 6.07) is 7.56. The molecule has 1 aliphatic rings. The first-order valence-corrected chi connectivity index (χ1v) is 6.90. The number of benzene rings is 1. The van der Waals surface area contributed by atoms with Crippen molar-refractivity contribution in [3.63, 3.8) is 0 Å². The van der Waals surface area contributed by atoms with Gasteiger partial charge in [-0.15, -0.1) is 0 Å². The summed E-state index contributed by atoms with van der Waals surface area (Å²) in [5.41, 5.74) is 0.941. The third-order valence-corrected chi connectivity index (χ3v) is 3.72. The van der Waals surface area contributed by atoms with Crippen LogP contribution < -0.4 is 5.32 Å². The Hall–Kier alpha value is -2.64. The average molecular weight is 323 g/mol. The van der Waals surface area contributed by atoms with E-state index in [2.05, 4.69) is 10.3 Å². The van der Waals surface area contributed by atoms with Crippen molar-refractivity contribution >= 4 is 28.4 Å². The van der Waals surface area contributed by atoms with Gasteiger partial charge < -0.3 is 10.2 Å². The molecule has 0 aliphatic carbocycles. The molecule has 1 saturated heterocycles. The highest BCUT2D eigenvalue weighted by Crippen LogP contribution is 2.28. The second-order valence-electron chi connectivity index (χ2n) is 5.17. The summed E-state index contributed by atoms with van der Waals surface area (Å²) in [7, 11) is 0. The van der Waals surface area contributed by atoms with E-state index in [0.717, 1.165) is 5.39 Å². The molecule has 0 unspecified atom stereocenters. The molecule has 1 fully saturated rings. The van der Waals surface area contributed by atoms with Crippen LogP contribution in [0.5, 0.6) is 0 Å². The Morgan fingerprint density at radius 3 is 2.61 bits per heavy atom. The maximum absolute atomic E-state index is 12.5. The third kappa shape index (κ3) is 2.84.